The Kier molecular flexibility index (Phi) is 13.4. The molecule has 0 amide bonds. The maximum absolute atomic E-state index is 14.1. The minimum absolute atomic E-state index is 0.0579. The molecular formula is C42H66O15. The lowest BCUT2D eigenvalue weighted by molar-refractivity contribution is -0.369. The molecule has 0 aromatic carbocycles. The van der Waals surface area contributed by atoms with Gasteiger partial charge in [0, 0.05) is 23.7 Å². The van der Waals surface area contributed by atoms with E-state index in [1.54, 1.807) is 0 Å². The number of hydrogen-bond donors (Lipinski definition) is 7. The second-order valence-corrected chi connectivity index (χ2v) is 18.7. The Morgan fingerprint density at radius 3 is 2.21 bits per heavy atom. The number of ether oxygens (including phenoxy) is 5. The molecule has 324 valence electrons. The first kappa shape index (κ1) is 44.5. The van der Waals surface area contributed by atoms with Crippen LogP contribution in [0, 0.1) is 52.3 Å². The fraction of sp³-hybridized carbons (Fsp3) is 0.881. The normalized spacial score (nSPS) is 45.9. The number of aliphatic hydroxyl groups excluding tert-OH is 7. The van der Waals surface area contributed by atoms with E-state index >= 15 is 0 Å². The number of methoxy groups -OCH3 is 1. The van der Waals surface area contributed by atoms with E-state index in [-0.39, 0.29) is 64.2 Å². The summed E-state index contributed by atoms with van der Waals surface area (Å²) in [5.41, 5.74) is 0.0682. The van der Waals surface area contributed by atoms with Crippen LogP contribution in [0.5, 0.6) is 0 Å². The highest BCUT2D eigenvalue weighted by molar-refractivity contribution is 6.00. The summed E-state index contributed by atoms with van der Waals surface area (Å²) in [6.45, 7) is 11.8. The molecule has 2 saturated heterocycles. The molecule has 7 N–H and O–H groups in total. The first-order valence-corrected chi connectivity index (χ1v) is 21.1. The molecule has 5 fully saturated rings. The van der Waals surface area contributed by atoms with Gasteiger partial charge in [-0.25, -0.2) is 4.79 Å². The smallest absolute Gasteiger partial charge is 0.337 e. The van der Waals surface area contributed by atoms with Gasteiger partial charge in [0.15, 0.2) is 24.4 Å². The number of carbonyl (C=O) groups excluding carboxylic acids is 3. The van der Waals surface area contributed by atoms with Crippen molar-refractivity contribution in [3.63, 3.8) is 0 Å². The van der Waals surface area contributed by atoms with Crippen LogP contribution in [0.15, 0.2) is 11.3 Å². The van der Waals surface area contributed by atoms with Gasteiger partial charge < -0.3 is 59.4 Å². The lowest BCUT2D eigenvalue weighted by Gasteiger charge is -2.60. The van der Waals surface area contributed by atoms with Crippen molar-refractivity contribution in [3.8, 4) is 0 Å². The second-order valence-electron chi connectivity index (χ2n) is 18.7. The highest BCUT2D eigenvalue weighted by Gasteiger charge is 2.64. The lowest BCUT2D eigenvalue weighted by Crippen LogP contribution is -2.65. The van der Waals surface area contributed by atoms with Gasteiger partial charge in [-0.1, -0.05) is 41.5 Å². The number of Topliss-reactive ketones (excluding diaryl/α,β-unsaturated/α-hetero) is 2. The molecule has 0 spiro atoms. The summed E-state index contributed by atoms with van der Waals surface area (Å²) in [5.74, 6) is -1.10. The fourth-order valence-corrected chi connectivity index (χ4v) is 12.2. The average Bonchev–Trinajstić information content (AvgIpc) is 3.37. The van der Waals surface area contributed by atoms with E-state index < -0.39 is 85.5 Å². The van der Waals surface area contributed by atoms with Crippen LogP contribution in [0.25, 0.3) is 0 Å². The van der Waals surface area contributed by atoms with Crippen molar-refractivity contribution in [2.24, 2.45) is 52.3 Å². The fourth-order valence-electron chi connectivity index (χ4n) is 12.2. The van der Waals surface area contributed by atoms with Crippen LogP contribution in [-0.2, 0) is 38.1 Å². The van der Waals surface area contributed by atoms with Crippen molar-refractivity contribution in [2.45, 2.75) is 167 Å². The third-order valence-electron chi connectivity index (χ3n) is 15.3. The molecule has 15 heteroatoms. The van der Waals surface area contributed by atoms with Crippen LogP contribution in [0.1, 0.15) is 99.3 Å². The van der Waals surface area contributed by atoms with E-state index in [0.717, 1.165) is 51.2 Å². The third-order valence-corrected chi connectivity index (χ3v) is 15.3. The second kappa shape index (κ2) is 17.1. The van der Waals surface area contributed by atoms with Crippen LogP contribution < -0.4 is 0 Å². The van der Waals surface area contributed by atoms with E-state index in [4.69, 9.17) is 23.7 Å². The predicted octanol–water partition coefficient (Wildman–Crippen LogP) is 2.10. The number of hydrogen-bond acceptors (Lipinski definition) is 15. The minimum atomic E-state index is -1.82. The summed E-state index contributed by atoms with van der Waals surface area (Å²) in [4.78, 5) is 40.1. The maximum atomic E-state index is 14.1. The molecule has 19 atom stereocenters. The van der Waals surface area contributed by atoms with Gasteiger partial charge in [-0.15, -0.1) is 0 Å². The molecule has 6 rings (SSSR count). The molecule has 3 saturated carbocycles. The molecule has 6 aliphatic rings. The molecule has 0 radical (unpaired) electrons. The van der Waals surface area contributed by atoms with E-state index in [0.29, 0.717) is 19.3 Å². The van der Waals surface area contributed by atoms with Gasteiger partial charge in [0.25, 0.3) is 0 Å². The monoisotopic (exact) mass is 810 g/mol. The van der Waals surface area contributed by atoms with E-state index in [1.807, 2.05) is 13.8 Å². The Labute approximate surface area is 335 Å². The van der Waals surface area contributed by atoms with E-state index in [2.05, 4.69) is 27.7 Å². The van der Waals surface area contributed by atoms with Gasteiger partial charge in [-0.05, 0) is 91.9 Å². The minimum Gasteiger partial charge on any atom is -0.504 e. The topological polar surface area (TPSA) is 239 Å². The van der Waals surface area contributed by atoms with Crippen LogP contribution >= 0.6 is 0 Å². The number of ketones is 2. The highest BCUT2D eigenvalue weighted by Crippen LogP contribution is 2.67. The summed E-state index contributed by atoms with van der Waals surface area (Å²) in [6.07, 6.45) is -10.8. The third kappa shape index (κ3) is 7.76. The van der Waals surface area contributed by atoms with Gasteiger partial charge in [-0.3, -0.25) is 9.59 Å². The number of carbonyl (C=O) groups is 3. The number of allylic oxidation sites excluding steroid dienone is 2. The summed E-state index contributed by atoms with van der Waals surface area (Å²) >= 11 is 0. The van der Waals surface area contributed by atoms with Gasteiger partial charge >= 0.3 is 5.97 Å². The average molecular weight is 811 g/mol. The summed E-state index contributed by atoms with van der Waals surface area (Å²) in [5, 5.41) is 74.6. The number of rotatable bonds is 12. The first-order valence-electron chi connectivity index (χ1n) is 21.1. The Bertz CT molecular complexity index is 1520. The molecule has 0 aromatic rings. The molecule has 57 heavy (non-hydrogen) atoms. The molecule has 2 aliphatic heterocycles. The summed E-state index contributed by atoms with van der Waals surface area (Å²) in [6, 6.07) is 0. The number of fused-ring (bicyclic) bond motifs is 5. The number of esters is 1. The zero-order valence-electron chi connectivity index (χ0n) is 34.4. The molecule has 0 bridgehead atoms. The van der Waals surface area contributed by atoms with Crippen molar-refractivity contribution >= 4 is 17.5 Å². The standard InChI is InChI=1S/C42H66O15/c1-8-22(18(2)3)25(44)15-19(4)27-30(46)31(47)28-23-10-9-20-16-21(11-13-41(20,5)24(23)12-14-42(27,28)6)54-40-37(34(50)33(49)36(56-40)38(52)53-7)57-39-35(51)32(48)29(45)26(17-43)55-39/h18-24,26,28-29,32-37,39-40,43,45-46,48-51H,8-17H2,1-7H3/t19-,20+,21+,22-,23-,24+,26-,28+,29-,32+,33+,34+,35-,36+,37-,39+,40-,41+,42-/m1/s1. The van der Waals surface area contributed by atoms with Crippen molar-refractivity contribution in [1.29, 1.82) is 0 Å². The Morgan fingerprint density at radius 1 is 0.877 bits per heavy atom. The van der Waals surface area contributed by atoms with Gasteiger partial charge in [0.05, 0.1) is 19.8 Å². The van der Waals surface area contributed by atoms with Gasteiger partial charge in [0.2, 0.25) is 5.78 Å². The van der Waals surface area contributed by atoms with Crippen LogP contribution in [-0.4, -0.2) is 135 Å². The summed E-state index contributed by atoms with van der Waals surface area (Å²) < 4.78 is 28.6. The predicted molar refractivity (Wildman–Crippen MR) is 201 cm³/mol. The largest absolute Gasteiger partial charge is 0.504 e. The van der Waals surface area contributed by atoms with Crippen LogP contribution in [0.4, 0.5) is 0 Å². The van der Waals surface area contributed by atoms with Crippen molar-refractivity contribution < 1.29 is 73.8 Å². The molecule has 15 nitrogen and oxygen atoms in total. The molecule has 0 unspecified atom stereocenters. The Hall–Kier alpha value is -2.05. The molecule has 4 aliphatic carbocycles. The Balaban J connectivity index is 1.17. The van der Waals surface area contributed by atoms with Gasteiger partial charge in [0.1, 0.15) is 48.5 Å². The first-order chi connectivity index (χ1) is 26.8. The van der Waals surface area contributed by atoms with E-state index in [1.165, 1.54) is 0 Å². The zero-order chi connectivity index (χ0) is 41.9. The van der Waals surface area contributed by atoms with Crippen LogP contribution in [0.2, 0.25) is 0 Å². The zero-order valence-corrected chi connectivity index (χ0v) is 34.4. The quantitative estimate of drug-likeness (QED) is 0.110. The van der Waals surface area contributed by atoms with Crippen molar-refractivity contribution in [2.75, 3.05) is 13.7 Å². The SMILES string of the molecule is CC[C@@H](C(=O)C[C@@H](C)C1=C(O)C(=O)[C@@H]2[C@@H]3CC[C@H]4C[C@@H](O[C@@H]5O[C@H](C(=O)OC)[C@@H](O)[C@H](O)[C@H]5O[C@@H]5O[C@H](CO)[C@@H](O)[C@H](O)[C@H]5O)CC[C@]4(C)[C@H]3CC[C@]12C)C(C)C. The highest BCUT2D eigenvalue weighted by atomic mass is 16.8. The lowest BCUT2D eigenvalue weighted by atomic mass is 9.44. The van der Waals surface area contributed by atoms with E-state index in [9.17, 15) is 50.1 Å². The maximum Gasteiger partial charge on any atom is 0.337 e. The molecular weight excluding hydrogens is 744 g/mol. The molecule has 0 aromatic heterocycles. The summed E-state index contributed by atoms with van der Waals surface area (Å²) in [7, 11) is 1.11. The van der Waals surface area contributed by atoms with Gasteiger partial charge in [-0.2, -0.15) is 0 Å². The molecule has 2 heterocycles. The Morgan fingerprint density at radius 2 is 1.58 bits per heavy atom. The van der Waals surface area contributed by atoms with Crippen molar-refractivity contribution in [3.05, 3.63) is 11.3 Å². The van der Waals surface area contributed by atoms with Crippen molar-refractivity contribution in [1.82, 2.24) is 0 Å². The van der Waals surface area contributed by atoms with Crippen LogP contribution in [0.3, 0.4) is 0 Å². The number of aliphatic hydroxyl groups is 7.